The first-order chi connectivity index (χ1) is 15.7. The molecule has 2 N–H and O–H groups in total. The van der Waals surface area contributed by atoms with Crippen molar-refractivity contribution >= 4 is 34.5 Å². The van der Waals surface area contributed by atoms with Crippen molar-refractivity contribution in [1.29, 1.82) is 0 Å². The smallest absolute Gasteiger partial charge is 0.265 e. The van der Waals surface area contributed by atoms with Crippen LogP contribution in [-0.4, -0.2) is 21.4 Å². The highest BCUT2D eigenvalue weighted by Gasteiger charge is 2.15. The van der Waals surface area contributed by atoms with Crippen molar-refractivity contribution in [3.05, 3.63) is 88.4 Å². The molecule has 1 aliphatic rings. The number of fused-ring (bicyclic) bond motifs is 1. The molecule has 0 spiro atoms. The van der Waals surface area contributed by atoms with Crippen molar-refractivity contribution in [1.82, 2.24) is 9.55 Å². The summed E-state index contributed by atoms with van der Waals surface area (Å²) in [5.74, 6) is 0.559. The summed E-state index contributed by atoms with van der Waals surface area (Å²) in [5, 5.41) is 7.61. The number of anilines is 2. The Morgan fingerprint density at radius 1 is 0.906 bits per heavy atom. The van der Waals surface area contributed by atoms with Gasteiger partial charge in [-0.3, -0.25) is 9.59 Å². The largest absolute Gasteiger partial charge is 0.328 e. The van der Waals surface area contributed by atoms with Crippen LogP contribution in [0.5, 0.6) is 0 Å². The van der Waals surface area contributed by atoms with Crippen LogP contribution in [0.15, 0.2) is 72.2 Å². The van der Waals surface area contributed by atoms with E-state index in [4.69, 9.17) is 0 Å². The molecule has 0 bridgehead atoms. The van der Waals surface area contributed by atoms with Gasteiger partial charge in [-0.15, -0.1) is 11.3 Å². The molecule has 7 heteroatoms. The lowest BCUT2D eigenvalue weighted by atomic mass is 10.1. The van der Waals surface area contributed by atoms with Gasteiger partial charge in [0.05, 0.1) is 4.88 Å². The number of amides is 2. The van der Waals surface area contributed by atoms with Crippen LogP contribution in [0.2, 0.25) is 0 Å². The third-order valence-electron chi connectivity index (χ3n) is 5.53. The third-order valence-corrected chi connectivity index (χ3v) is 6.40. The van der Waals surface area contributed by atoms with Crippen LogP contribution in [-0.2, 0) is 13.0 Å². The van der Waals surface area contributed by atoms with Gasteiger partial charge in [-0.2, -0.15) is 0 Å². The minimum Gasteiger partial charge on any atom is -0.328 e. The molecule has 0 unspecified atom stereocenters. The molecule has 2 aromatic carbocycles. The van der Waals surface area contributed by atoms with Gasteiger partial charge in [0.2, 0.25) is 0 Å². The third kappa shape index (κ3) is 4.20. The molecule has 160 valence electrons. The van der Waals surface area contributed by atoms with E-state index in [9.17, 15) is 9.59 Å². The number of aryl methyl sites for hydroxylation is 1. The van der Waals surface area contributed by atoms with Crippen LogP contribution < -0.4 is 10.6 Å². The van der Waals surface area contributed by atoms with Crippen LogP contribution >= 0.6 is 11.3 Å². The number of carbonyl (C=O) groups excluding carboxylic acids is 2. The summed E-state index contributed by atoms with van der Waals surface area (Å²) in [7, 11) is 0. The topological polar surface area (TPSA) is 76.0 Å². The molecular formula is C25H22N4O2S. The molecule has 0 saturated heterocycles. The van der Waals surface area contributed by atoms with Crippen LogP contribution in [0.1, 0.15) is 38.6 Å². The standard InChI is InChI=1S/C25H22N4O2S/c30-24(18-5-3-6-20(15-18)28-25(31)22-8-4-14-32-22)27-19-11-9-17(10-12-19)23-26-16-21-7-1-2-13-29(21)23/h3-6,8-12,14-16H,1-2,7,13H2,(H,27,30)(H,28,31). The number of imidazole rings is 1. The Kier molecular flexibility index (Phi) is 5.56. The molecule has 0 atom stereocenters. The van der Waals surface area contributed by atoms with Gasteiger partial charge in [-0.05, 0) is 73.2 Å². The first kappa shape index (κ1) is 20.2. The summed E-state index contributed by atoms with van der Waals surface area (Å²) >= 11 is 1.37. The van der Waals surface area contributed by atoms with E-state index >= 15 is 0 Å². The lowest BCUT2D eigenvalue weighted by Gasteiger charge is -2.16. The van der Waals surface area contributed by atoms with Crippen LogP contribution in [0.25, 0.3) is 11.4 Å². The highest BCUT2D eigenvalue weighted by molar-refractivity contribution is 7.12. The van der Waals surface area contributed by atoms with Crippen molar-refractivity contribution < 1.29 is 9.59 Å². The average molecular weight is 443 g/mol. The maximum absolute atomic E-state index is 12.7. The fourth-order valence-corrected chi connectivity index (χ4v) is 4.53. The van der Waals surface area contributed by atoms with Gasteiger partial charge in [0, 0.05) is 40.9 Å². The monoisotopic (exact) mass is 442 g/mol. The number of hydrogen-bond donors (Lipinski definition) is 2. The zero-order valence-corrected chi connectivity index (χ0v) is 18.2. The number of thiophene rings is 1. The number of carbonyl (C=O) groups is 2. The second-order valence-corrected chi connectivity index (χ2v) is 8.67. The highest BCUT2D eigenvalue weighted by Crippen LogP contribution is 2.26. The van der Waals surface area contributed by atoms with E-state index in [1.807, 2.05) is 41.9 Å². The molecular weight excluding hydrogens is 420 g/mol. The molecule has 2 amide bonds. The molecule has 6 nitrogen and oxygen atoms in total. The van der Waals surface area contributed by atoms with Gasteiger partial charge < -0.3 is 15.2 Å². The van der Waals surface area contributed by atoms with Crippen molar-refractivity contribution in [2.45, 2.75) is 25.8 Å². The maximum Gasteiger partial charge on any atom is 0.265 e. The molecule has 1 aliphatic heterocycles. The van der Waals surface area contributed by atoms with E-state index in [0.717, 1.165) is 24.4 Å². The van der Waals surface area contributed by atoms with Gasteiger partial charge in [0.15, 0.2) is 0 Å². The fraction of sp³-hybridized carbons (Fsp3) is 0.160. The van der Waals surface area contributed by atoms with Gasteiger partial charge >= 0.3 is 0 Å². The lowest BCUT2D eigenvalue weighted by Crippen LogP contribution is -2.14. The number of rotatable bonds is 5. The molecule has 5 rings (SSSR count). The number of nitrogens with zero attached hydrogens (tertiary/aromatic N) is 2. The summed E-state index contributed by atoms with van der Waals surface area (Å²) in [6.45, 7) is 1.00. The van der Waals surface area contributed by atoms with Gasteiger partial charge in [-0.25, -0.2) is 4.98 Å². The number of nitrogens with one attached hydrogen (secondary N) is 2. The first-order valence-electron chi connectivity index (χ1n) is 10.6. The Balaban J connectivity index is 1.27. The Morgan fingerprint density at radius 2 is 1.75 bits per heavy atom. The Bertz CT molecular complexity index is 1260. The lowest BCUT2D eigenvalue weighted by molar-refractivity contribution is 0.101. The number of aromatic nitrogens is 2. The van der Waals surface area contributed by atoms with E-state index in [-0.39, 0.29) is 11.8 Å². The SMILES string of the molecule is O=C(Nc1ccc(-c2ncc3n2CCCC3)cc1)c1cccc(NC(=O)c2cccs2)c1. The zero-order chi connectivity index (χ0) is 21.9. The molecule has 0 saturated carbocycles. The van der Waals surface area contributed by atoms with Crippen LogP contribution in [0.4, 0.5) is 11.4 Å². The van der Waals surface area contributed by atoms with E-state index < -0.39 is 0 Å². The normalized spacial score (nSPS) is 12.8. The van der Waals surface area contributed by atoms with Crippen molar-refractivity contribution in [2.75, 3.05) is 10.6 Å². The van der Waals surface area contributed by atoms with E-state index in [1.165, 1.54) is 29.9 Å². The molecule has 0 fully saturated rings. The van der Waals surface area contributed by atoms with Gasteiger partial charge in [0.25, 0.3) is 11.8 Å². The first-order valence-corrected chi connectivity index (χ1v) is 11.5. The highest BCUT2D eigenvalue weighted by atomic mass is 32.1. The quantitative estimate of drug-likeness (QED) is 0.431. The Hall–Kier alpha value is -3.71. The predicted molar refractivity (Wildman–Crippen MR) is 127 cm³/mol. The van der Waals surface area contributed by atoms with Crippen molar-refractivity contribution in [3.63, 3.8) is 0 Å². The van der Waals surface area contributed by atoms with Crippen LogP contribution in [0, 0.1) is 0 Å². The Morgan fingerprint density at radius 3 is 2.56 bits per heavy atom. The zero-order valence-electron chi connectivity index (χ0n) is 17.4. The molecule has 32 heavy (non-hydrogen) atoms. The molecule has 0 radical (unpaired) electrons. The summed E-state index contributed by atoms with van der Waals surface area (Å²) in [6, 6.07) is 18.3. The predicted octanol–water partition coefficient (Wildman–Crippen LogP) is 5.45. The molecule has 2 aromatic heterocycles. The fourth-order valence-electron chi connectivity index (χ4n) is 3.91. The minimum atomic E-state index is -0.233. The van der Waals surface area contributed by atoms with Gasteiger partial charge in [-0.1, -0.05) is 12.1 Å². The van der Waals surface area contributed by atoms with E-state index in [1.54, 1.807) is 30.3 Å². The molecule has 0 aliphatic carbocycles. The van der Waals surface area contributed by atoms with Gasteiger partial charge in [0.1, 0.15) is 5.82 Å². The second kappa shape index (κ2) is 8.80. The van der Waals surface area contributed by atoms with Crippen molar-refractivity contribution in [3.8, 4) is 11.4 Å². The van der Waals surface area contributed by atoms with E-state index in [0.29, 0.717) is 21.8 Å². The van der Waals surface area contributed by atoms with Crippen molar-refractivity contribution in [2.24, 2.45) is 0 Å². The van der Waals surface area contributed by atoms with E-state index in [2.05, 4.69) is 20.2 Å². The summed E-state index contributed by atoms with van der Waals surface area (Å²) in [6.07, 6.45) is 5.44. The second-order valence-electron chi connectivity index (χ2n) is 7.73. The number of hydrogen-bond acceptors (Lipinski definition) is 4. The number of benzene rings is 2. The maximum atomic E-state index is 12.7. The summed E-state index contributed by atoms with van der Waals surface area (Å²) in [5.41, 5.74) is 4.08. The molecule has 3 heterocycles. The minimum absolute atomic E-state index is 0.186. The van der Waals surface area contributed by atoms with Crippen LogP contribution in [0.3, 0.4) is 0 Å². The summed E-state index contributed by atoms with van der Waals surface area (Å²) < 4.78 is 2.28. The average Bonchev–Trinajstić information content (AvgIpc) is 3.50. The Labute approximate surface area is 189 Å². The molecule has 4 aromatic rings. The summed E-state index contributed by atoms with van der Waals surface area (Å²) in [4.78, 5) is 30.2.